The molecule has 0 bridgehead atoms. The summed E-state index contributed by atoms with van der Waals surface area (Å²) in [6, 6.07) is -0.284. The smallest absolute Gasteiger partial charge is 0.274 e. The molecular formula is C14H20N4O4S. The number of morpholine rings is 1. The van der Waals surface area contributed by atoms with Crippen LogP contribution in [0.2, 0.25) is 0 Å². The van der Waals surface area contributed by atoms with Gasteiger partial charge in [0.25, 0.3) is 5.91 Å². The first-order valence-corrected chi connectivity index (χ1v) is 9.41. The highest BCUT2D eigenvalue weighted by atomic mass is 32.2. The number of hydrogen-bond donors (Lipinski definition) is 0. The van der Waals surface area contributed by atoms with Gasteiger partial charge in [0.05, 0.1) is 37.1 Å². The second-order valence-electron chi connectivity index (χ2n) is 5.83. The van der Waals surface area contributed by atoms with Gasteiger partial charge in [-0.15, -0.1) is 0 Å². The van der Waals surface area contributed by atoms with Gasteiger partial charge in [0.1, 0.15) is 11.5 Å². The van der Waals surface area contributed by atoms with E-state index in [4.69, 9.17) is 4.74 Å². The van der Waals surface area contributed by atoms with Gasteiger partial charge in [0.2, 0.25) is 0 Å². The van der Waals surface area contributed by atoms with Gasteiger partial charge in [-0.3, -0.25) is 4.79 Å². The predicted octanol–water partition coefficient (Wildman–Crippen LogP) is -0.428. The van der Waals surface area contributed by atoms with Crippen LogP contribution in [0.4, 0.5) is 5.82 Å². The van der Waals surface area contributed by atoms with Crippen molar-refractivity contribution < 1.29 is 17.9 Å². The Labute approximate surface area is 135 Å². The quantitative estimate of drug-likeness (QED) is 0.737. The molecule has 2 aliphatic heterocycles. The largest absolute Gasteiger partial charge is 0.378 e. The number of anilines is 1. The molecule has 0 radical (unpaired) electrons. The third-order valence-electron chi connectivity index (χ3n) is 4.27. The zero-order valence-electron chi connectivity index (χ0n) is 13.0. The van der Waals surface area contributed by atoms with Crippen molar-refractivity contribution >= 4 is 21.6 Å². The molecule has 1 unspecified atom stereocenters. The predicted molar refractivity (Wildman–Crippen MR) is 84.2 cm³/mol. The van der Waals surface area contributed by atoms with Crippen LogP contribution in [-0.2, 0) is 14.6 Å². The topological polar surface area (TPSA) is 92.7 Å². The van der Waals surface area contributed by atoms with Crippen LogP contribution in [0.1, 0.15) is 16.9 Å². The van der Waals surface area contributed by atoms with E-state index in [9.17, 15) is 13.2 Å². The summed E-state index contributed by atoms with van der Waals surface area (Å²) < 4.78 is 28.4. The number of ether oxygens (including phenoxy) is 1. The summed E-state index contributed by atoms with van der Waals surface area (Å²) in [5.74, 6) is 0.579. The monoisotopic (exact) mass is 340 g/mol. The molecule has 9 heteroatoms. The lowest BCUT2D eigenvalue weighted by molar-refractivity contribution is 0.0741. The summed E-state index contributed by atoms with van der Waals surface area (Å²) >= 11 is 0. The molecule has 0 saturated carbocycles. The molecule has 2 aliphatic rings. The summed E-state index contributed by atoms with van der Waals surface area (Å²) in [7, 11) is -1.41. The van der Waals surface area contributed by atoms with Gasteiger partial charge >= 0.3 is 0 Å². The maximum absolute atomic E-state index is 12.4. The van der Waals surface area contributed by atoms with Crippen LogP contribution in [0, 0.1) is 0 Å². The van der Waals surface area contributed by atoms with E-state index < -0.39 is 9.84 Å². The van der Waals surface area contributed by atoms with E-state index in [2.05, 4.69) is 14.9 Å². The van der Waals surface area contributed by atoms with E-state index in [0.717, 1.165) is 18.9 Å². The van der Waals surface area contributed by atoms with E-state index >= 15 is 0 Å². The normalized spacial score (nSPS) is 23.7. The molecule has 2 saturated heterocycles. The molecule has 1 aromatic rings. The van der Waals surface area contributed by atoms with E-state index in [-0.39, 0.29) is 29.1 Å². The molecule has 8 nitrogen and oxygen atoms in total. The van der Waals surface area contributed by atoms with Crippen molar-refractivity contribution in [3.63, 3.8) is 0 Å². The molecular weight excluding hydrogens is 320 g/mol. The van der Waals surface area contributed by atoms with E-state index in [1.54, 1.807) is 13.2 Å². The summed E-state index contributed by atoms with van der Waals surface area (Å²) in [6.07, 6.45) is 3.51. The third kappa shape index (κ3) is 3.61. The fourth-order valence-electron chi connectivity index (χ4n) is 2.81. The lowest BCUT2D eigenvalue weighted by Crippen LogP contribution is -2.39. The van der Waals surface area contributed by atoms with Crippen molar-refractivity contribution in [2.45, 2.75) is 12.5 Å². The van der Waals surface area contributed by atoms with Gasteiger partial charge in [0.15, 0.2) is 9.84 Å². The highest BCUT2D eigenvalue weighted by Crippen LogP contribution is 2.18. The first-order valence-electron chi connectivity index (χ1n) is 7.58. The van der Waals surface area contributed by atoms with Crippen LogP contribution < -0.4 is 4.90 Å². The molecule has 1 atom stereocenters. The molecule has 3 heterocycles. The Kier molecular flexibility index (Phi) is 4.49. The fraction of sp³-hybridized carbons (Fsp3) is 0.643. The lowest BCUT2D eigenvalue weighted by Gasteiger charge is -2.27. The molecule has 0 aromatic carbocycles. The summed E-state index contributed by atoms with van der Waals surface area (Å²) in [4.78, 5) is 24.4. The van der Waals surface area contributed by atoms with Gasteiger partial charge in [0, 0.05) is 26.2 Å². The Morgan fingerprint density at radius 2 is 2.04 bits per heavy atom. The van der Waals surface area contributed by atoms with Crippen molar-refractivity contribution in [3.05, 3.63) is 18.1 Å². The molecule has 2 fully saturated rings. The van der Waals surface area contributed by atoms with Crippen molar-refractivity contribution in [2.24, 2.45) is 0 Å². The lowest BCUT2D eigenvalue weighted by atomic mass is 10.2. The van der Waals surface area contributed by atoms with E-state index in [1.807, 2.05) is 0 Å². The summed E-state index contributed by atoms with van der Waals surface area (Å²) in [5.41, 5.74) is 0.230. The number of aromatic nitrogens is 2. The van der Waals surface area contributed by atoms with Crippen LogP contribution in [0.5, 0.6) is 0 Å². The standard InChI is InChI=1S/C14H20N4O4S/c1-17(11-2-7-23(20,21)10-11)14(19)12-8-16-13(9-15-12)18-3-5-22-6-4-18/h8-9,11H,2-7,10H2,1H3. The summed E-state index contributed by atoms with van der Waals surface area (Å²) in [6.45, 7) is 2.81. The minimum Gasteiger partial charge on any atom is -0.378 e. The minimum absolute atomic E-state index is 0.0224. The van der Waals surface area contributed by atoms with Crippen molar-refractivity contribution in [3.8, 4) is 0 Å². The Morgan fingerprint density at radius 1 is 1.30 bits per heavy atom. The van der Waals surface area contributed by atoms with Crippen LogP contribution >= 0.6 is 0 Å². The average molecular weight is 340 g/mol. The van der Waals surface area contributed by atoms with E-state index in [1.165, 1.54) is 11.1 Å². The van der Waals surface area contributed by atoms with Gasteiger partial charge in [-0.2, -0.15) is 0 Å². The first-order chi connectivity index (χ1) is 11.0. The number of nitrogens with zero attached hydrogens (tertiary/aromatic N) is 4. The highest BCUT2D eigenvalue weighted by Gasteiger charge is 2.33. The molecule has 1 amide bonds. The average Bonchev–Trinajstić information content (AvgIpc) is 2.94. The first kappa shape index (κ1) is 16.1. The maximum Gasteiger partial charge on any atom is 0.274 e. The molecule has 1 aromatic heterocycles. The van der Waals surface area contributed by atoms with Gasteiger partial charge in [-0.25, -0.2) is 18.4 Å². The Hall–Kier alpha value is -1.74. The maximum atomic E-state index is 12.4. The number of carbonyl (C=O) groups is 1. The van der Waals surface area contributed by atoms with Crippen LogP contribution in [-0.4, -0.2) is 80.1 Å². The zero-order valence-corrected chi connectivity index (χ0v) is 13.8. The fourth-order valence-corrected chi connectivity index (χ4v) is 4.59. The van der Waals surface area contributed by atoms with Crippen LogP contribution in [0.25, 0.3) is 0 Å². The number of hydrogen-bond acceptors (Lipinski definition) is 7. The molecule has 0 spiro atoms. The van der Waals surface area contributed by atoms with E-state index in [0.29, 0.717) is 19.6 Å². The highest BCUT2D eigenvalue weighted by molar-refractivity contribution is 7.91. The van der Waals surface area contributed by atoms with Gasteiger partial charge < -0.3 is 14.5 Å². The molecule has 126 valence electrons. The second kappa shape index (κ2) is 6.40. The molecule has 0 N–H and O–H groups in total. The Morgan fingerprint density at radius 3 is 2.61 bits per heavy atom. The van der Waals surface area contributed by atoms with Gasteiger partial charge in [-0.1, -0.05) is 0 Å². The van der Waals surface area contributed by atoms with Crippen molar-refractivity contribution in [1.29, 1.82) is 0 Å². The molecule has 3 rings (SSSR count). The number of rotatable bonds is 3. The molecule has 23 heavy (non-hydrogen) atoms. The second-order valence-corrected chi connectivity index (χ2v) is 8.06. The zero-order chi connectivity index (χ0) is 16.4. The summed E-state index contributed by atoms with van der Waals surface area (Å²) in [5, 5.41) is 0. The SMILES string of the molecule is CN(C(=O)c1cnc(N2CCOCC2)cn1)C1CCS(=O)(=O)C1. The third-order valence-corrected chi connectivity index (χ3v) is 6.02. The Bertz CT molecular complexity index is 671. The number of sulfone groups is 1. The van der Waals surface area contributed by atoms with Crippen LogP contribution in [0.3, 0.4) is 0 Å². The number of carbonyl (C=O) groups excluding carboxylic acids is 1. The van der Waals surface area contributed by atoms with Gasteiger partial charge in [-0.05, 0) is 6.42 Å². The number of amides is 1. The van der Waals surface area contributed by atoms with Crippen molar-refractivity contribution in [2.75, 3.05) is 49.8 Å². The van der Waals surface area contributed by atoms with Crippen molar-refractivity contribution in [1.82, 2.24) is 14.9 Å². The molecule has 0 aliphatic carbocycles. The van der Waals surface area contributed by atoms with Crippen LogP contribution in [0.15, 0.2) is 12.4 Å². The Balaban J connectivity index is 1.67. The minimum atomic E-state index is -3.03.